The van der Waals surface area contributed by atoms with Gasteiger partial charge in [-0.1, -0.05) is 0 Å². The summed E-state index contributed by atoms with van der Waals surface area (Å²) in [5.41, 5.74) is 6.14. The Morgan fingerprint density at radius 3 is 2.45 bits per heavy atom. The van der Waals surface area contributed by atoms with Crippen molar-refractivity contribution < 1.29 is 24.6 Å². The molecule has 0 spiro atoms. The molecular weight excluding hydrogens is 268 g/mol. The highest BCUT2D eigenvalue weighted by Crippen LogP contribution is 2.07. The van der Waals surface area contributed by atoms with Crippen LogP contribution in [0.25, 0.3) is 0 Å². The number of carbonyl (C=O) groups excluding carboxylic acids is 1. The van der Waals surface area contributed by atoms with Crippen LogP contribution in [0.1, 0.15) is 33.6 Å². The van der Waals surface area contributed by atoms with E-state index >= 15 is 0 Å². The molecule has 0 heterocycles. The van der Waals surface area contributed by atoms with Gasteiger partial charge in [0.1, 0.15) is 11.6 Å². The summed E-state index contributed by atoms with van der Waals surface area (Å²) >= 11 is 0. The highest BCUT2D eigenvalue weighted by molar-refractivity contribution is 5.80. The number of hydrogen-bond acceptors (Lipinski definition) is 5. The normalized spacial score (nSPS) is 13.5. The zero-order valence-corrected chi connectivity index (χ0v) is 11.8. The average Bonchev–Trinajstić information content (AvgIpc) is 2.29. The van der Waals surface area contributed by atoms with Crippen molar-refractivity contribution >= 4 is 18.0 Å². The van der Waals surface area contributed by atoms with Gasteiger partial charge >= 0.3 is 12.1 Å². The number of nitrogens with one attached hydrogen (secondary N) is 2. The lowest BCUT2D eigenvalue weighted by molar-refractivity contribution is -0.139. The van der Waals surface area contributed by atoms with Gasteiger partial charge in [0.2, 0.25) is 5.96 Å². The number of amides is 1. The first-order chi connectivity index (χ1) is 9.15. The van der Waals surface area contributed by atoms with E-state index in [4.69, 9.17) is 20.8 Å². The predicted octanol–water partition coefficient (Wildman–Crippen LogP) is 0.0380. The van der Waals surface area contributed by atoms with Crippen molar-refractivity contribution in [1.29, 1.82) is 0 Å². The molecule has 20 heavy (non-hydrogen) atoms. The number of aliphatic carboxylic acids is 1. The number of aliphatic imine (C=N–C) groups is 1. The quantitative estimate of drug-likeness (QED) is 0.201. The number of rotatable bonds is 6. The zero-order chi connectivity index (χ0) is 15.8. The van der Waals surface area contributed by atoms with E-state index in [9.17, 15) is 9.59 Å². The maximum Gasteiger partial charge on any atom is 0.408 e. The number of hydrogen-bond donors (Lipinski definition) is 5. The Kier molecular flexibility index (Phi) is 7.37. The van der Waals surface area contributed by atoms with Crippen molar-refractivity contribution in [1.82, 2.24) is 10.8 Å². The van der Waals surface area contributed by atoms with E-state index < -0.39 is 23.7 Å². The molecule has 0 rings (SSSR count). The molecule has 0 bridgehead atoms. The van der Waals surface area contributed by atoms with Gasteiger partial charge in [-0.2, -0.15) is 0 Å². The fraction of sp³-hybridized carbons (Fsp3) is 0.727. The summed E-state index contributed by atoms with van der Waals surface area (Å²) in [5, 5.41) is 19.6. The van der Waals surface area contributed by atoms with Gasteiger partial charge in [0.05, 0.1) is 0 Å². The van der Waals surface area contributed by atoms with Gasteiger partial charge in [0.25, 0.3) is 0 Å². The summed E-state index contributed by atoms with van der Waals surface area (Å²) < 4.78 is 4.98. The van der Waals surface area contributed by atoms with E-state index in [-0.39, 0.29) is 18.9 Å². The van der Waals surface area contributed by atoms with Gasteiger partial charge in [0, 0.05) is 6.54 Å². The minimum absolute atomic E-state index is 0.156. The van der Waals surface area contributed by atoms with Gasteiger partial charge in [0.15, 0.2) is 0 Å². The number of nitrogens with zero attached hydrogens (tertiary/aromatic N) is 1. The lowest BCUT2D eigenvalue weighted by atomic mass is 10.1. The standard InChI is InChI=1S/C11H22N4O5/c1-11(2,3)20-10(18)14-7(8(16)17)5-4-6-13-9(12)15-19/h7,19H,4-6H2,1-3H3,(H,14,18)(H,16,17)(H3,12,13,15)/t7-/m0/s1. The molecule has 0 aromatic heterocycles. The summed E-state index contributed by atoms with van der Waals surface area (Å²) in [4.78, 5) is 26.2. The number of ether oxygens (including phenoxy) is 1. The van der Waals surface area contributed by atoms with Crippen LogP contribution in [0.15, 0.2) is 4.99 Å². The summed E-state index contributed by atoms with van der Waals surface area (Å²) in [6, 6.07) is -1.07. The van der Waals surface area contributed by atoms with E-state index in [1.807, 2.05) is 0 Å². The fourth-order valence-electron chi connectivity index (χ4n) is 1.24. The van der Waals surface area contributed by atoms with Crippen molar-refractivity contribution in [2.75, 3.05) is 6.54 Å². The van der Waals surface area contributed by atoms with E-state index in [1.54, 1.807) is 26.3 Å². The molecule has 116 valence electrons. The first-order valence-corrected chi connectivity index (χ1v) is 6.08. The molecule has 0 fully saturated rings. The largest absolute Gasteiger partial charge is 0.480 e. The summed E-state index contributed by atoms with van der Waals surface area (Å²) in [5.74, 6) is -1.31. The number of carbonyl (C=O) groups is 2. The Labute approximate surface area is 117 Å². The monoisotopic (exact) mass is 290 g/mol. The molecule has 6 N–H and O–H groups in total. The Morgan fingerprint density at radius 2 is 2.00 bits per heavy atom. The van der Waals surface area contributed by atoms with Crippen LogP contribution in [-0.2, 0) is 9.53 Å². The second kappa shape index (κ2) is 8.20. The minimum Gasteiger partial charge on any atom is -0.480 e. The van der Waals surface area contributed by atoms with Crippen LogP contribution in [0, 0.1) is 0 Å². The molecule has 1 amide bonds. The van der Waals surface area contributed by atoms with E-state index in [1.165, 1.54) is 0 Å². The maximum atomic E-state index is 11.5. The SMILES string of the molecule is CC(C)(C)OC(=O)N[C@@H](CCCN=C(N)NO)C(=O)O. The molecule has 0 aliphatic heterocycles. The minimum atomic E-state index is -1.16. The molecule has 9 nitrogen and oxygen atoms in total. The number of carboxylic acid groups (broad SMARTS) is 1. The van der Waals surface area contributed by atoms with Crippen LogP contribution in [0.5, 0.6) is 0 Å². The first-order valence-electron chi connectivity index (χ1n) is 6.08. The number of nitrogens with two attached hydrogens (primary N) is 1. The Hall–Kier alpha value is -2.03. The molecule has 0 unspecified atom stereocenters. The molecular formula is C11H22N4O5. The lowest BCUT2D eigenvalue weighted by Crippen LogP contribution is -2.43. The van der Waals surface area contributed by atoms with Crippen LogP contribution in [0.2, 0.25) is 0 Å². The molecule has 0 aliphatic rings. The van der Waals surface area contributed by atoms with Crippen molar-refractivity contribution in [2.45, 2.75) is 45.3 Å². The van der Waals surface area contributed by atoms with Crippen molar-refractivity contribution in [3.63, 3.8) is 0 Å². The summed E-state index contributed by atoms with van der Waals surface area (Å²) in [6.07, 6.45) is -0.253. The molecule has 1 atom stereocenters. The van der Waals surface area contributed by atoms with Crippen molar-refractivity contribution in [2.24, 2.45) is 10.7 Å². The third kappa shape index (κ3) is 8.97. The zero-order valence-electron chi connectivity index (χ0n) is 11.8. The maximum absolute atomic E-state index is 11.5. The fourth-order valence-corrected chi connectivity index (χ4v) is 1.24. The first kappa shape index (κ1) is 18.0. The average molecular weight is 290 g/mol. The van der Waals surface area contributed by atoms with Crippen LogP contribution >= 0.6 is 0 Å². The molecule has 0 aromatic rings. The second-order valence-electron chi connectivity index (χ2n) is 5.06. The van der Waals surface area contributed by atoms with Gasteiger partial charge in [-0.25, -0.2) is 15.1 Å². The summed E-state index contributed by atoms with van der Waals surface area (Å²) in [6.45, 7) is 5.27. The van der Waals surface area contributed by atoms with Gasteiger partial charge in [-0.3, -0.25) is 10.2 Å². The highest BCUT2D eigenvalue weighted by atomic mass is 16.6. The number of guanidine groups is 1. The van der Waals surface area contributed by atoms with Crippen molar-refractivity contribution in [3.05, 3.63) is 0 Å². The smallest absolute Gasteiger partial charge is 0.408 e. The van der Waals surface area contributed by atoms with Crippen molar-refractivity contribution in [3.8, 4) is 0 Å². The number of alkyl carbamates (subject to hydrolysis) is 1. The Morgan fingerprint density at radius 1 is 1.40 bits per heavy atom. The molecule has 0 saturated heterocycles. The second-order valence-corrected chi connectivity index (χ2v) is 5.06. The molecule has 0 saturated carbocycles. The van der Waals surface area contributed by atoms with Crippen LogP contribution in [0.3, 0.4) is 0 Å². The molecule has 9 heteroatoms. The lowest BCUT2D eigenvalue weighted by Gasteiger charge is -2.21. The predicted molar refractivity (Wildman–Crippen MR) is 71.4 cm³/mol. The Balaban J connectivity index is 4.25. The highest BCUT2D eigenvalue weighted by Gasteiger charge is 2.23. The van der Waals surface area contributed by atoms with E-state index in [2.05, 4.69) is 10.3 Å². The molecule has 0 aromatic carbocycles. The topological polar surface area (TPSA) is 146 Å². The van der Waals surface area contributed by atoms with Gasteiger partial charge in [-0.05, 0) is 33.6 Å². The van der Waals surface area contributed by atoms with Crippen LogP contribution in [-0.4, -0.2) is 46.5 Å². The number of hydroxylamine groups is 1. The third-order valence-electron chi connectivity index (χ3n) is 2.04. The van der Waals surface area contributed by atoms with Gasteiger partial charge < -0.3 is 20.9 Å². The molecule has 0 radical (unpaired) electrons. The van der Waals surface area contributed by atoms with Gasteiger partial charge in [-0.15, -0.1) is 0 Å². The molecule has 0 aliphatic carbocycles. The van der Waals surface area contributed by atoms with Crippen LogP contribution in [0.4, 0.5) is 4.79 Å². The van der Waals surface area contributed by atoms with E-state index in [0.29, 0.717) is 6.42 Å². The third-order valence-corrected chi connectivity index (χ3v) is 2.04. The number of carboxylic acids is 1. The summed E-state index contributed by atoms with van der Waals surface area (Å²) in [7, 11) is 0. The Bertz CT molecular complexity index is 364. The van der Waals surface area contributed by atoms with Crippen LogP contribution < -0.4 is 16.5 Å². The van der Waals surface area contributed by atoms with E-state index in [0.717, 1.165) is 0 Å².